The number of fused-ring (bicyclic) bond motifs is 1. The summed E-state index contributed by atoms with van der Waals surface area (Å²) in [6, 6.07) is 10.7. The highest BCUT2D eigenvalue weighted by Gasteiger charge is 2.71. The molecule has 2 bridgehead atoms. The third kappa shape index (κ3) is 5.58. The van der Waals surface area contributed by atoms with Crippen LogP contribution in [-0.4, -0.2) is 76.0 Å². The number of carbonyl (C=O) groups is 1. The van der Waals surface area contributed by atoms with Crippen molar-refractivity contribution in [2.24, 2.45) is 23.2 Å². The minimum absolute atomic E-state index is 0.00632. The minimum Gasteiger partial charge on any atom is -0.508 e. The molecule has 2 aliphatic heterocycles. The summed E-state index contributed by atoms with van der Waals surface area (Å²) >= 11 is 0. The fourth-order valence-electron chi connectivity index (χ4n) is 9.90. The Labute approximate surface area is 299 Å². The molecule has 0 spiro atoms. The van der Waals surface area contributed by atoms with Gasteiger partial charge in [0, 0.05) is 42.8 Å². The summed E-state index contributed by atoms with van der Waals surface area (Å²) in [6.07, 6.45) is 7.61. The van der Waals surface area contributed by atoms with Crippen molar-refractivity contribution in [2.45, 2.75) is 110 Å². The molecule has 3 aliphatic carbocycles. The third-order valence-electron chi connectivity index (χ3n) is 12.8. The summed E-state index contributed by atoms with van der Waals surface area (Å²) in [5, 5.41) is 40.9. The van der Waals surface area contributed by atoms with Gasteiger partial charge in [0.2, 0.25) is 5.91 Å². The number of piperidine rings is 1. The smallest absolute Gasteiger partial charge is 0.319 e. The van der Waals surface area contributed by atoms with Crippen LogP contribution in [0.5, 0.6) is 17.5 Å². The van der Waals surface area contributed by atoms with Gasteiger partial charge in [-0.25, -0.2) is 4.57 Å². The number of ether oxygens (including phenoxy) is 2. The van der Waals surface area contributed by atoms with Gasteiger partial charge in [-0.05, 0) is 111 Å². The molecule has 2 aromatic heterocycles. The van der Waals surface area contributed by atoms with Crippen LogP contribution in [0.1, 0.15) is 91.5 Å². The van der Waals surface area contributed by atoms with Crippen molar-refractivity contribution in [1.29, 1.82) is 0 Å². The van der Waals surface area contributed by atoms with E-state index in [0.29, 0.717) is 41.0 Å². The second-order valence-corrected chi connectivity index (χ2v) is 16.9. The molecule has 11 nitrogen and oxygen atoms in total. The topological polar surface area (TPSA) is 135 Å². The number of likely N-dealkylation sites (tertiary alicyclic amines) is 1. The van der Waals surface area contributed by atoms with Crippen LogP contribution in [-0.2, 0) is 20.8 Å². The summed E-state index contributed by atoms with van der Waals surface area (Å²) in [6.45, 7) is 15.0. The number of phenolic OH excluding ortho intramolecular Hbond substituents is 2. The summed E-state index contributed by atoms with van der Waals surface area (Å²) in [5.41, 5.74) is 2.43. The zero-order valence-electron chi connectivity index (χ0n) is 30.6. The van der Waals surface area contributed by atoms with Crippen LogP contribution in [0.4, 0.5) is 0 Å². The fourth-order valence-corrected chi connectivity index (χ4v) is 9.90. The first-order valence-corrected chi connectivity index (χ1v) is 18.6. The molecule has 2 saturated heterocycles. The van der Waals surface area contributed by atoms with Crippen LogP contribution in [0.25, 0.3) is 28.0 Å². The Morgan fingerprint density at radius 3 is 2.47 bits per heavy atom. The van der Waals surface area contributed by atoms with Crippen molar-refractivity contribution < 1.29 is 29.6 Å². The van der Waals surface area contributed by atoms with E-state index in [1.165, 1.54) is 10.6 Å². The number of aromatic nitrogens is 4. The Morgan fingerprint density at radius 2 is 1.75 bits per heavy atom. The molecule has 3 saturated carbocycles. The summed E-state index contributed by atoms with van der Waals surface area (Å²) in [7, 11) is 0. The van der Waals surface area contributed by atoms with E-state index < -0.39 is 11.4 Å². The number of nitrogens with zero attached hydrogens (tertiary/aromatic N) is 5. The molecular formula is C40H51N5O6. The van der Waals surface area contributed by atoms with Gasteiger partial charge in [-0.3, -0.25) is 4.79 Å². The zero-order chi connectivity index (χ0) is 36.0. The molecule has 5 aliphatic rings. The van der Waals surface area contributed by atoms with Crippen LogP contribution in [0.2, 0.25) is 0 Å². The summed E-state index contributed by atoms with van der Waals surface area (Å²) in [4.78, 5) is 15.9. The SMILES string of the molecule is CC(C)c1cc(-c2nnc(O)n2-c2ccc3c(ccn3CCC3CCN(C(=O)C[C@]45OC(C)(C)O[C@H]4C[C@H]4C[C@@H]5C4(C)C)CC3)c2)c(O)cc1O. The van der Waals surface area contributed by atoms with E-state index in [-0.39, 0.29) is 46.7 Å². The Bertz CT molecular complexity index is 1990. The standard InChI is InChI=1S/C40H51N5O6/c1-23(2)28-20-29(32(47)21-31(28)46)36-41-42-37(49)45(36)27-7-8-30-25(17-27)12-16-43(30)13-9-24-10-14-44(15-11-24)35(48)22-40-33-18-26(38(33,3)4)19-34(40)50-39(5,6)51-40/h7-8,12,16-17,20-21,23-24,26,33-34,46-47H,9-11,13-15,18-19,22H2,1-6H3,(H,42,49)/t26-,33-,34+,40-/m1/s1. The molecule has 1 amide bonds. The summed E-state index contributed by atoms with van der Waals surface area (Å²) < 4.78 is 16.9. The molecule has 3 N–H and O–H groups in total. The first kappa shape index (κ1) is 34.0. The van der Waals surface area contributed by atoms with E-state index >= 15 is 0 Å². The zero-order valence-corrected chi connectivity index (χ0v) is 30.6. The first-order chi connectivity index (χ1) is 24.2. The average molecular weight is 698 g/mol. The number of phenols is 2. The van der Waals surface area contributed by atoms with Gasteiger partial charge in [0.15, 0.2) is 11.6 Å². The van der Waals surface area contributed by atoms with Crippen LogP contribution < -0.4 is 0 Å². The maximum absolute atomic E-state index is 13.8. The van der Waals surface area contributed by atoms with Crippen molar-refractivity contribution in [3.63, 3.8) is 0 Å². The highest BCUT2D eigenvalue weighted by Crippen LogP contribution is 2.68. The van der Waals surface area contributed by atoms with Gasteiger partial charge in [0.05, 0.1) is 23.8 Å². The molecule has 4 atom stereocenters. The Kier molecular flexibility index (Phi) is 7.99. The normalized spacial score (nSPS) is 26.8. The lowest BCUT2D eigenvalue weighted by atomic mass is 9.43. The van der Waals surface area contributed by atoms with E-state index in [2.05, 4.69) is 45.8 Å². The second kappa shape index (κ2) is 12.0. The molecule has 272 valence electrons. The fraction of sp³-hybridized carbons (Fsp3) is 0.575. The van der Waals surface area contributed by atoms with Crippen molar-refractivity contribution >= 4 is 16.8 Å². The number of carbonyl (C=O) groups excluding carboxylic acids is 1. The third-order valence-corrected chi connectivity index (χ3v) is 12.8. The maximum Gasteiger partial charge on any atom is 0.319 e. The summed E-state index contributed by atoms with van der Waals surface area (Å²) in [5.74, 6) is 1.23. The van der Waals surface area contributed by atoms with Gasteiger partial charge < -0.3 is 34.3 Å². The van der Waals surface area contributed by atoms with Gasteiger partial charge in [-0.2, -0.15) is 0 Å². The minimum atomic E-state index is -0.660. The van der Waals surface area contributed by atoms with Crippen molar-refractivity contribution in [2.75, 3.05) is 13.1 Å². The average Bonchev–Trinajstić information content (AvgIpc) is 3.74. The van der Waals surface area contributed by atoms with Crippen molar-refractivity contribution in [3.8, 4) is 34.6 Å². The highest BCUT2D eigenvalue weighted by molar-refractivity contribution is 5.83. The Hall–Kier alpha value is -4.09. The molecular weight excluding hydrogens is 646 g/mol. The molecule has 0 radical (unpaired) electrons. The molecule has 11 heteroatoms. The van der Waals surface area contributed by atoms with E-state index in [9.17, 15) is 20.1 Å². The predicted molar refractivity (Wildman–Crippen MR) is 193 cm³/mol. The monoisotopic (exact) mass is 697 g/mol. The van der Waals surface area contributed by atoms with Gasteiger partial charge in [0.1, 0.15) is 17.1 Å². The maximum atomic E-state index is 13.8. The number of hydrogen-bond acceptors (Lipinski definition) is 8. The number of aryl methyl sites for hydroxylation is 1. The lowest BCUT2D eigenvalue weighted by molar-refractivity contribution is -0.232. The molecule has 9 rings (SSSR count). The number of benzene rings is 2. The van der Waals surface area contributed by atoms with E-state index in [0.717, 1.165) is 62.6 Å². The Balaban J connectivity index is 0.917. The van der Waals surface area contributed by atoms with Crippen LogP contribution >= 0.6 is 0 Å². The van der Waals surface area contributed by atoms with Gasteiger partial charge in [-0.1, -0.05) is 32.8 Å². The molecule has 51 heavy (non-hydrogen) atoms. The molecule has 4 heterocycles. The molecule has 4 aromatic rings. The highest BCUT2D eigenvalue weighted by atomic mass is 16.8. The number of hydrogen-bond donors (Lipinski definition) is 3. The Morgan fingerprint density at radius 1 is 0.980 bits per heavy atom. The quantitative estimate of drug-likeness (QED) is 0.178. The van der Waals surface area contributed by atoms with Crippen LogP contribution in [0, 0.1) is 23.2 Å². The van der Waals surface area contributed by atoms with Gasteiger partial charge in [0.25, 0.3) is 0 Å². The lowest BCUT2D eigenvalue weighted by Crippen LogP contribution is -2.67. The first-order valence-electron chi connectivity index (χ1n) is 18.6. The van der Waals surface area contributed by atoms with Crippen LogP contribution in [0.15, 0.2) is 42.6 Å². The molecule has 0 unspecified atom stereocenters. The van der Waals surface area contributed by atoms with E-state index in [1.807, 2.05) is 45.9 Å². The van der Waals surface area contributed by atoms with Crippen LogP contribution in [0.3, 0.4) is 0 Å². The second-order valence-electron chi connectivity index (χ2n) is 16.9. The van der Waals surface area contributed by atoms with E-state index in [4.69, 9.17) is 9.47 Å². The number of aromatic hydroxyl groups is 3. The van der Waals surface area contributed by atoms with Gasteiger partial charge in [-0.15, -0.1) is 5.10 Å². The number of amides is 1. The lowest BCUT2D eigenvalue weighted by Gasteiger charge is -2.64. The number of rotatable bonds is 8. The molecule has 5 fully saturated rings. The van der Waals surface area contributed by atoms with Crippen molar-refractivity contribution in [3.05, 3.63) is 48.2 Å². The predicted octanol–water partition coefficient (Wildman–Crippen LogP) is 7.10. The molecule has 2 aromatic carbocycles. The van der Waals surface area contributed by atoms with Gasteiger partial charge >= 0.3 is 6.01 Å². The van der Waals surface area contributed by atoms with Crippen molar-refractivity contribution in [1.82, 2.24) is 24.2 Å². The van der Waals surface area contributed by atoms with E-state index in [1.54, 1.807) is 6.07 Å². The largest absolute Gasteiger partial charge is 0.508 e.